The third-order valence-electron chi connectivity index (χ3n) is 4.11. The van der Waals surface area contributed by atoms with Gasteiger partial charge in [-0.05, 0) is 48.9 Å². The topological polar surface area (TPSA) is 66.5 Å². The van der Waals surface area contributed by atoms with Gasteiger partial charge in [0, 0.05) is 18.3 Å². The predicted octanol–water partition coefficient (Wildman–Crippen LogP) is 3.54. The third kappa shape index (κ3) is 3.24. The lowest BCUT2D eigenvalue weighted by molar-refractivity contribution is -0.114. The molecule has 1 atom stereocenters. The van der Waals surface area contributed by atoms with Crippen molar-refractivity contribution in [3.63, 3.8) is 0 Å². The maximum Gasteiger partial charge on any atom is 0.245 e. The van der Waals surface area contributed by atoms with Gasteiger partial charge in [0.2, 0.25) is 15.9 Å². The first kappa shape index (κ1) is 17.1. The van der Waals surface area contributed by atoms with Gasteiger partial charge in [0.1, 0.15) is 4.90 Å². The molecule has 1 amide bonds. The van der Waals surface area contributed by atoms with Gasteiger partial charge in [0.25, 0.3) is 0 Å². The first-order chi connectivity index (χ1) is 11.4. The minimum Gasteiger partial charge on any atom is -0.325 e. The molecule has 0 unspecified atom stereocenters. The summed E-state index contributed by atoms with van der Waals surface area (Å²) in [4.78, 5) is 12.7. The van der Waals surface area contributed by atoms with Crippen molar-refractivity contribution in [1.82, 2.24) is 4.31 Å². The van der Waals surface area contributed by atoms with Crippen molar-refractivity contribution in [2.75, 3.05) is 11.9 Å². The summed E-state index contributed by atoms with van der Waals surface area (Å²) >= 11 is 1.58. The summed E-state index contributed by atoms with van der Waals surface area (Å²) in [6, 6.07) is 8.88. The molecule has 0 aliphatic carbocycles. The summed E-state index contributed by atoms with van der Waals surface area (Å²) in [7, 11) is -3.69. The van der Waals surface area contributed by atoms with Crippen LogP contribution in [-0.2, 0) is 14.8 Å². The Morgan fingerprint density at radius 1 is 1.33 bits per heavy atom. The van der Waals surface area contributed by atoms with Crippen molar-refractivity contribution in [2.45, 2.75) is 37.6 Å². The molecule has 1 aliphatic heterocycles. The van der Waals surface area contributed by atoms with E-state index in [0.29, 0.717) is 12.2 Å². The average Bonchev–Trinajstić information content (AvgIpc) is 3.18. The smallest absolute Gasteiger partial charge is 0.245 e. The van der Waals surface area contributed by atoms with Gasteiger partial charge in [-0.2, -0.15) is 4.31 Å². The molecule has 2 heterocycles. The van der Waals surface area contributed by atoms with Gasteiger partial charge < -0.3 is 5.32 Å². The highest BCUT2D eigenvalue weighted by Crippen LogP contribution is 2.39. The van der Waals surface area contributed by atoms with E-state index >= 15 is 0 Å². The lowest BCUT2D eigenvalue weighted by Gasteiger charge is -2.24. The molecule has 128 valence electrons. The zero-order chi connectivity index (χ0) is 17.3. The van der Waals surface area contributed by atoms with Crippen LogP contribution in [0.4, 0.5) is 5.69 Å². The van der Waals surface area contributed by atoms with Crippen LogP contribution in [0.25, 0.3) is 0 Å². The van der Waals surface area contributed by atoms with Gasteiger partial charge in [-0.15, -0.1) is 11.3 Å². The van der Waals surface area contributed by atoms with E-state index < -0.39 is 10.0 Å². The van der Waals surface area contributed by atoms with E-state index in [1.54, 1.807) is 33.8 Å². The Balaban J connectivity index is 2.04. The molecule has 0 saturated carbocycles. The first-order valence-corrected chi connectivity index (χ1v) is 10.1. The molecule has 24 heavy (non-hydrogen) atoms. The number of hydrogen-bond donors (Lipinski definition) is 1. The fraction of sp³-hybridized carbons (Fsp3) is 0.353. The number of thiophene rings is 1. The van der Waals surface area contributed by atoms with Crippen molar-refractivity contribution in [1.29, 1.82) is 0 Å². The zero-order valence-electron chi connectivity index (χ0n) is 13.7. The van der Waals surface area contributed by atoms with Crippen LogP contribution < -0.4 is 5.32 Å². The summed E-state index contributed by atoms with van der Waals surface area (Å²) in [5.74, 6) is -0.286. The minimum atomic E-state index is -3.69. The van der Waals surface area contributed by atoms with E-state index in [2.05, 4.69) is 5.32 Å². The molecular weight excluding hydrogens is 344 g/mol. The summed E-state index contributed by atoms with van der Waals surface area (Å²) < 4.78 is 28.1. The van der Waals surface area contributed by atoms with E-state index in [1.165, 1.54) is 6.92 Å². The van der Waals surface area contributed by atoms with Crippen LogP contribution in [-0.4, -0.2) is 25.2 Å². The third-order valence-corrected chi connectivity index (χ3v) is 7.03. The lowest BCUT2D eigenvalue weighted by Crippen LogP contribution is -2.31. The quantitative estimate of drug-likeness (QED) is 0.902. The monoisotopic (exact) mass is 364 g/mol. The predicted molar refractivity (Wildman–Crippen MR) is 95.7 cm³/mol. The summed E-state index contributed by atoms with van der Waals surface area (Å²) in [6.07, 6.45) is 1.66. The van der Waals surface area contributed by atoms with Gasteiger partial charge in [-0.3, -0.25) is 4.79 Å². The number of carbonyl (C=O) groups excluding carboxylic acids is 1. The molecule has 3 rings (SSSR count). The second-order valence-electron chi connectivity index (χ2n) is 5.97. The first-order valence-electron chi connectivity index (χ1n) is 7.83. The second-order valence-corrected chi connectivity index (χ2v) is 8.81. The van der Waals surface area contributed by atoms with Crippen LogP contribution in [0.5, 0.6) is 0 Å². The lowest BCUT2D eigenvalue weighted by atomic mass is 10.2. The molecule has 7 heteroatoms. The number of anilines is 1. The number of nitrogens with zero attached hydrogens (tertiary/aromatic N) is 1. The molecule has 0 spiro atoms. The second kappa shape index (κ2) is 6.66. The molecule has 1 aromatic carbocycles. The summed E-state index contributed by atoms with van der Waals surface area (Å²) in [5.41, 5.74) is 1.18. The normalized spacial score (nSPS) is 18.7. The highest BCUT2D eigenvalue weighted by molar-refractivity contribution is 7.89. The van der Waals surface area contributed by atoms with E-state index in [9.17, 15) is 13.2 Å². The van der Waals surface area contributed by atoms with Crippen molar-refractivity contribution in [3.05, 3.63) is 46.2 Å². The maximum absolute atomic E-state index is 13.3. The van der Waals surface area contributed by atoms with Crippen LogP contribution in [0.15, 0.2) is 40.6 Å². The average molecular weight is 364 g/mol. The van der Waals surface area contributed by atoms with Crippen molar-refractivity contribution >= 4 is 33.0 Å². The van der Waals surface area contributed by atoms with Crippen molar-refractivity contribution in [3.8, 4) is 0 Å². The largest absolute Gasteiger partial charge is 0.325 e. The molecule has 1 fully saturated rings. The van der Waals surface area contributed by atoms with E-state index in [1.807, 2.05) is 24.4 Å². The molecule has 2 aromatic rings. The Morgan fingerprint density at radius 2 is 2.12 bits per heavy atom. The number of hydrogen-bond acceptors (Lipinski definition) is 4. The van der Waals surface area contributed by atoms with E-state index in [0.717, 1.165) is 23.3 Å². The van der Waals surface area contributed by atoms with E-state index in [-0.39, 0.29) is 16.8 Å². The highest BCUT2D eigenvalue weighted by atomic mass is 32.2. The number of benzene rings is 1. The number of carbonyl (C=O) groups is 1. The van der Waals surface area contributed by atoms with Crippen molar-refractivity contribution in [2.24, 2.45) is 0 Å². The number of amides is 1. The molecule has 5 nitrogen and oxygen atoms in total. The maximum atomic E-state index is 13.3. The number of rotatable bonds is 4. The van der Waals surface area contributed by atoms with Crippen LogP contribution in [0.3, 0.4) is 0 Å². The Kier molecular flexibility index (Phi) is 4.76. The molecule has 1 aromatic heterocycles. The van der Waals surface area contributed by atoms with E-state index in [4.69, 9.17) is 0 Å². The van der Waals surface area contributed by atoms with Crippen LogP contribution in [0, 0.1) is 6.92 Å². The Hall–Kier alpha value is -1.70. The van der Waals surface area contributed by atoms with Crippen LogP contribution in [0.1, 0.15) is 36.2 Å². The molecule has 1 saturated heterocycles. The van der Waals surface area contributed by atoms with Crippen LogP contribution in [0.2, 0.25) is 0 Å². The standard InChI is InChI=1S/C17H20N2O3S2/c1-12-7-8-14(18-13(2)20)17(11-12)24(21,22)19-9-3-5-15(19)16-6-4-10-23-16/h4,6-8,10-11,15H,3,5,9H2,1-2H3,(H,18,20)/t15-/m1/s1. The van der Waals surface area contributed by atoms with Gasteiger partial charge in [-0.1, -0.05) is 12.1 Å². The number of aryl methyl sites for hydroxylation is 1. The Morgan fingerprint density at radius 3 is 2.79 bits per heavy atom. The zero-order valence-corrected chi connectivity index (χ0v) is 15.3. The van der Waals surface area contributed by atoms with Crippen LogP contribution >= 0.6 is 11.3 Å². The minimum absolute atomic E-state index is 0.124. The number of sulfonamides is 1. The fourth-order valence-corrected chi connectivity index (χ4v) is 5.90. The molecule has 0 radical (unpaired) electrons. The Labute approximate surface area is 146 Å². The van der Waals surface area contributed by atoms with Gasteiger partial charge in [-0.25, -0.2) is 8.42 Å². The summed E-state index contributed by atoms with van der Waals surface area (Å²) in [5, 5.41) is 4.60. The molecular formula is C17H20N2O3S2. The highest BCUT2D eigenvalue weighted by Gasteiger charge is 2.37. The Bertz CT molecular complexity index is 845. The number of nitrogens with one attached hydrogen (secondary N) is 1. The van der Waals surface area contributed by atoms with Crippen molar-refractivity contribution < 1.29 is 13.2 Å². The fourth-order valence-electron chi connectivity index (χ4n) is 3.06. The molecule has 1 aliphatic rings. The SMILES string of the molecule is CC(=O)Nc1ccc(C)cc1S(=O)(=O)N1CCC[C@@H]1c1cccs1. The molecule has 1 N–H and O–H groups in total. The van der Waals surface area contributed by atoms with Gasteiger partial charge in [0.05, 0.1) is 11.7 Å². The van der Waals surface area contributed by atoms with Gasteiger partial charge in [0.15, 0.2) is 0 Å². The molecule has 0 bridgehead atoms. The van der Waals surface area contributed by atoms with Gasteiger partial charge >= 0.3 is 0 Å². The summed E-state index contributed by atoms with van der Waals surface area (Å²) in [6.45, 7) is 3.72.